The zero-order valence-electron chi connectivity index (χ0n) is 49.9. The first kappa shape index (κ1) is 71.6. The maximum absolute atomic E-state index is 12.9. The highest BCUT2D eigenvalue weighted by molar-refractivity contribution is 5.71. The van der Waals surface area contributed by atoms with Crippen molar-refractivity contribution in [1.29, 1.82) is 0 Å². The van der Waals surface area contributed by atoms with E-state index in [9.17, 15) is 14.4 Å². The van der Waals surface area contributed by atoms with Crippen molar-refractivity contribution >= 4 is 17.9 Å². The number of esters is 3. The van der Waals surface area contributed by atoms with E-state index in [1.165, 1.54) is 250 Å². The van der Waals surface area contributed by atoms with Gasteiger partial charge in [-0.25, -0.2) is 0 Å². The minimum absolute atomic E-state index is 0.0660. The van der Waals surface area contributed by atoms with Crippen LogP contribution in [0.1, 0.15) is 361 Å². The Morgan fingerprint density at radius 2 is 0.486 bits per heavy atom. The number of hydrogen-bond donors (Lipinski definition) is 0. The third-order valence-electron chi connectivity index (χ3n) is 14.9. The summed E-state index contributed by atoms with van der Waals surface area (Å²) in [5, 5.41) is 0. The predicted molar refractivity (Wildman–Crippen MR) is 321 cm³/mol. The molecule has 0 aromatic heterocycles. The molecule has 0 saturated carbocycles. The van der Waals surface area contributed by atoms with Gasteiger partial charge >= 0.3 is 17.9 Å². The van der Waals surface area contributed by atoms with Crippen molar-refractivity contribution in [3.63, 3.8) is 0 Å². The monoisotopic (exact) mass is 1040 g/mol. The lowest BCUT2D eigenvalue weighted by atomic mass is 10.0. The summed E-state index contributed by atoms with van der Waals surface area (Å²) >= 11 is 0. The Kier molecular flexibility index (Phi) is 61.1. The third-order valence-corrected chi connectivity index (χ3v) is 14.9. The Balaban J connectivity index is 4.04. The third kappa shape index (κ3) is 60.5. The van der Waals surface area contributed by atoms with Crippen LogP contribution in [-0.4, -0.2) is 37.2 Å². The first-order valence-electron chi connectivity index (χ1n) is 33.0. The van der Waals surface area contributed by atoms with E-state index < -0.39 is 6.10 Å². The van der Waals surface area contributed by atoms with E-state index in [2.05, 4.69) is 57.2 Å². The molecule has 0 aliphatic heterocycles. The molecule has 0 amide bonds. The zero-order valence-corrected chi connectivity index (χ0v) is 49.9. The van der Waals surface area contributed by atoms with Crippen LogP contribution in [-0.2, 0) is 28.6 Å². The summed E-state index contributed by atoms with van der Waals surface area (Å²) in [5.41, 5.74) is 0. The molecule has 434 valence electrons. The zero-order chi connectivity index (χ0) is 53.6. The number of allylic oxidation sites excluding steroid dienone is 6. The van der Waals surface area contributed by atoms with Crippen molar-refractivity contribution in [2.45, 2.75) is 367 Å². The lowest BCUT2D eigenvalue weighted by molar-refractivity contribution is -0.167. The summed E-state index contributed by atoms with van der Waals surface area (Å²) in [4.78, 5) is 38.1. The van der Waals surface area contributed by atoms with Gasteiger partial charge in [-0.2, -0.15) is 0 Å². The molecule has 0 aromatic carbocycles. The number of rotatable bonds is 61. The molecule has 1 unspecified atom stereocenters. The Morgan fingerprint density at radius 3 is 0.757 bits per heavy atom. The fraction of sp³-hybridized carbons (Fsp3) is 0.868. The highest BCUT2D eigenvalue weighted by Crippen LogP contribution is 2.18. The van der Waals surface area contributed by atoms with Crippen molar-refractivity contribution in [1.82, 2.24) is 0 Å². The standard InChI is InChI=1S/C68H126O6/c1-4-7-10-13-16-19-21-23-25-27-28-29-30-31-32-33-34-35-36-37-38-39-40-42-43-45-47-49-52-55-58-61-67(70)73-64-65(63-72-66(69)60-57-54-51-18-15-12-9-6-3)74-68(71)62-59-56-53-50-48-46-44-41-26-24-22-20-17-14-11-8-5-2/h21,23,27-28,30-31,65H,4-20,22,24-26,29,32-64H2,1-3H3/b23-21-,28-27-,31-30-. The summed E-state index contributed by atoms with van der Waals surface area (Å²) in [6.45, 7) is 6.66. The van der Waals surface area contributed by atoms with Crippen LogP contribution in [0.3, 0.4) is 0 Å². The molecule has 1 atom stereocenters. The maximum atomic E-state index is 12.9. The summed E-state index contributed by atoms with van der Waals surface area (Å²) in [6, 6.07) is 0. The molecule has 0 N–H and O–H groups in total. The highest BCUT2D eigenvalue weighted by Gasteiger charge is 2.19. The van der Waals surface area contributed by atoms with Gasteiger partial charge < -0.3 is 14.2 Å². The first-order chi connectivity index (χ1) is 36.5. The molecule has 0 fully saturated rings. The highest BCUT2D eigenvalue weighted by atomic mass is 16.6. The average molecular weight is 1040 g/mol. The Bertz CT molecular complexity index is 1240. The van der Waals surface area contributed by atoms with Gasteiger partial charge in [0, 0.05) is 19.3 Å². The Hall–Kier alpha value is -2.37. The van der Waals surface area contributed by atoms with Crippen molar-refractivity contribution in [2.75, 3.05) is 13.2 Å². The number of carbonyl (C=O) groups is 3. The maximum Gasteiger partial charge on any atom is 0.306 e. The summed E-state index contributed by atoms with van der Waals surface area (Å²) in [5.74, 6) is -0.846. The van der Waals surface area contributed by atoms with Gasteiger partial charge in [-0.15, -0.1) is 0 Å². The van der Waals surface area contributed by atoms with Gasteiger partial charge in [0.25, 0.3) is 0 Å². The molecule has 0 aliphatic rings. The van der Waals surface area contributed by atoms with E-state index in [1.807, 2.05) is 0 Å². The van der Waals surface area contributed by atoms with E-state index in [0.717, 1.165) is 70.6 Å². The lowest BCUT2D eigenvalue weighted by Crippen LogP contribution is -2.30. The van der Waals surface area contributed by atoms with Gasteiger partial charge in [-0.3, -0.25) is 14.4 Å². The van der Waals surface area contributed by atoms with Crippen LogP contribution in [0, 0.1) is 0 Å². The van der Waals surface area contributed by atoms with Crippen LogP contribution in [0.25, 0.3) is 0 Å². The molecule has 0 saturated heterocycles. The van der Waals surface area contributed by atoms with Crippen molar-refractivity contribution in [3.05, 3.63) is 36.5 Å². The minimum Gasteiger partial charge on any atom is -0.462 e. The number of hydrogen-bond acceptors (Lipinski definition) is 6. The normalized spacial score (nSPS) is 12.2. The van der Waals surface area contributed by atoms with Crippen LogP contribution in [0.2, 0.25) is 0 Å². The number of carbonyl (C=O) groups excluding carboxylic acids is 3. The molecule has 0 radical (unpaired) electrons. The van der Waals surface area contributed by atoms with Gasteiger partial charge in [0.1, 0.15) is 13.2 Å². The summed E-state index contributed by atoms with van der Waals surface area (Å²) in [7, 11) is 0. The molecule has 6 nitrogen and oxygen atoms in total. The fourth-order valence-electron chi connectivity index (χ4n) is 9.92. The van der Waals surface area contributed by atoms with Gasteiger partial charge in [0.15, 0.2) is 6.10 Å². The van der Waals surface area contributed by atoms with Crippen molar-refractivity contribution in [3.8, 4) is 0 Å². The molecular weight excluding hydrogens is 913 g/mol. The quantitative estimate of drug-likeness (QED) is 0.0261. The second kappa shape index (κ2) is 63.2. The van der Waals surface area contributed by atoms with E-state index in [0.29, 0.717) is 19.3 Å². The molecule has 0 heterocycles. The van der Waals surface area contributed by atoms with E-state index in [4.69, 9.17) is 14.2 Å². The van der Waals surface area contributed by atoms with Crippen LogP contribution in [0.15, 0.2) is 36.5 Å². The predicted octanol–water partition coefficient (Wildman–Crippen LogP) is 22.4. The largest absolute Gasteiger partial charge is 0.462 e. The fourth-order valence-corrected chi connectivity index (χ4v) is 9.92. The molecule has 6 heteroatoms. The van der Waals surface area contributed by atoms with Crippen LogP contribution < -0.4 is 0 Å². The second-order valence-electron chi connectivity index (χ2n) is 22.4. The van der Waals surface area contributed by atoms with E-state index >= 15 is 0 Å². The lowest BCUT2D eigenvalue weighted by Gasteiger charge is -2.18. The van der Waals surface area contributed by atoms with Gasteiger partial charge in [-0.1, -0.05) is 320 Å². The van der Waals surface area contributed by atoms with E-state index in [1.54, 1.807) is 0 Å². The number of ether oxygens (including phenoxy) is 3. The average Bonchev–Trinajstić information content (AvgIpc) is 3.40. The summed E-state index contributed by atoms with van der Waals surface area (Å²) < 4.78 is 16.9. The van der Waals surface area contributed by atoms with Crippen LogP contribution >= 0.6 is 0 Å². The molecule has 0 bridgehead atoms. The van der Waals surface area contributed by atoms with E-state index in [-0.39, 0.29) is 31.1 Å². The SMILES string of the molecule is CCCCCCC/C=C\C/C=C\C/C=C\CCCCCCCCCCCCCCCCCCC(=O)OCC(COC(=O)CCCCCCCCCC)OC(=O)CCCCCCCCCCCCCCCCCCC. The molecule has 74 heavy (non-hydrogen) atoms. The number of unbranched alkanes of at least 4 members (excludes halogenated alkanes) is 44. The van der Waals surface area contributed by atoms with Crippen LogP contribution in [0.5, 0.6) is 0 Å². The van der Waals surface area contributed by atoms with Crippen molar-refractivity contribution < 1.29 is 28.6 Å². The first-order valence-corrected chi connectivity index (χ1v) is 33.0. The van der Waals surface area contributed by atoms with Crippen molar-refractivity contribution in [2.24, 2.45) is 0 Å². The smallest absolute Gasteiger partial charge is 0.306 e. The van der Waals surface area contributed by atoms with Crippen LogP contribution in [0.4, 0.5) is 0 Å². The Labute approximate surface area is 461 Å². The van der Waals surface area contributed by atoms with Gasteiger partial charge in [-0.05, 0) is 57.8 Å². The molecule has 0 rings (SSSR count). The second-order valence-corrected chi connectivity index (χ2v) is 22.4. The molecule has 0 aromatic rings. The van der Waals surface area contributed by atoms with Gasteiger partial charge in [0.05, 0.1) is 0 Å². The van der Waals surface area contributed by atoms with Gasteiger partial charge in [0.2, 0.25) is 0 Å². The topological polar surface area (TPSA) is 78.9 Å². The molecule has 0 aliphatic carbocycles. The Morgan fingerprint density at radius 1 is 0.270 bits per heavy atom. The summed E-state index contributed by atoms with van der Waals surface area (Å²) in [6.07, 6.45) is 77.5. The molecular formula is C68H126O6. The molecule has 0 spiro atoms. The minimum atomic E-state index is -0.765.